The minimum Gasteiger partial charge on any atom is -0.492 e. The monoisotopic (exact) mass is 362 g/mol. The van der Waals surface area contributed by atoms with Gasteiger partial charge in [0.2, 0.25) is 0 Å². The molecular weight excluding hydrogens is 336 g/mol. The van der Waals surface area contributed by atoms with Crippen LogP contribution in [0.5, 0.6) is 5.75 Å². The lowest BCUT2D eigenvalue weighted by molar-refractivity contribution is 0.301. The SMILES string of the molecule is CCCCOc1ccc(C(C)(C)C)cc1S(=O)(=O)Nc1ccccn1. The number of nitrogens with zero attached hydrogens (tertiary/aromatic N) is 1. The van der Waals surface area contributed by atoms with E-state index in [2.05, 4.69) is 16.6 Å². The van der Waals surface area contributed by atoms with Crippen LogP contribution in [0, 0.1) is 0 Å². The van der Waals surface area contributed by atoms with E-state index < -0.39 is 10.0 Å². The summed E-state index contributed by atoms with van der Waals surface area (Å²) in [6, 6.07) is 10.4. The van der Waals surface area contributed by atoms with Crippen LogP contribution >= 0.6 is 0 Å². The summed E-state index contributed by atoms with van der Waals surface area (Å²) in [6.07, 6.45) is 3.39. The number of ether oxygens (including phenoxy) is 1. The molecule has 0 aliphatic carbocycles. The number of aromatic nitrogens is 1. The fourth-order valence-corrected chi connectivity index (χ4v) is 3.43. The summed E-state index contributed by atoms with van der Waals surface area (Å²) in [5.41, 5.74) is 0.758. The molecule has 0 saturated heterocycles. The van der Waals surface area contributed by atoms with Crippen molar-refractivity contribution in [2.24, 2.45) is 0 Å². The van der Waals surface area contributed by atoms with E-state index in [1.165, 1.54) is 0 Å². The molecule has 136 valence electrons. The predicted molar refractivity (Wildman–Crippen MR) is 101 cm³/mol. The number of nitrogens with one attached hydrogen (secondary N) is 1. The summed E-state index contributed by atoms with van der Waals surface area (Å²) in [5.74, 6) is 0.646. The van der Waals surface area contributed by atoms with Crippen molar-refractivity contribution in [2.75, 3.05) is 11.3 Å². The number of anilines is 1. The fourth-order valence-electron chi connectivity index (χ4n) is 2.25. The van der Waals surface area contributed by atoms with Gasteiger partial charge in [-0.15, -0.1) is 0 Å². The number of benzene rings is 1. The Morgan fingerprint density at radius 3 is 2.52 bits per heavy atom. The van der Waals surface area contributed by atoms with Gasteiger partial charge in [0.05, 0.1) is 6.61 Å². The van der Waals surface area contributed by atoms with E-state index in [1.54, 1.807) is 36.5 Å². The van der Waals surface area contributed by atoms with Crippen LogP contribution in [0.3, 0.4) is 0 Å². The van der Waals surface area contributed by atoms with Gasteiger partial charge in [0.25, 0.3) is 10.0 Å². The zero-order chi connectivity index (χ0) is 18.5. The second kappa shape index (κ2) is 7.87. The maximum absolute atomic E-state index is 12.9. The molecule has 0 spiro atoms. The molecule has 1 N–H and O–H groups in total. The van der Waals surface area contributed by atoms with Crippen LogP contribution in [0.25, 0.3) is 0 Å². The Labute approximate surface area is 150 Å². The first-order valence-electron chi connectivity index (χ1n) is 8.45. The number of rotatable bonds is 7. The highest BCUT2D eigenvalue weighted by molar-refractivity contribution is 7.92. The third kappa shape index (κ3) is 5.19. The van der Waals surface area contributed by atoms with Crippen LogP contribution in [0.4, 0.5) is 5.82 Å². The molecule has 0 bridgehead atoms. The third-order valence-electron chi connectivity index (χ3n) is 3.76. The molecule has 0 fully saturated rings. The van der Waals surface area contributed by atoms with E-state index in [4.69, 9.17) is 4.74 Å². The first-order chi connectivity index (χ1) is 11.7. The lowest BCUT2D eigenvalue weighted by Crippen LogP contribution is -2.18. The Bertz CT molecular complexity index is 797. The molecule has 0 atom stereocenters. The lowest BCUT2D eigenvalue weighted by atomic mass is 9.87. The Hall–Kier alpha value is -2.08. The van der Waals surface area contributed by atoms with Crippen molar-refractivity contribution in [3.63, 3.8) is 0 Å². The van der Waals surface area contributed by atoms with E-state index in [1.807, 2.05) is 26.8 Å². The van der Waals surface area contributed by atoms with E-state index in [0.29, 0.717) is 12.4 Å². The second-order valence-electron chi connectivity index (χ2n) is 6.93. The van der Waals surface area contributed by atoms with E-state index in [9.17, 15) is 8.42 Å². The van der Waals surface area contributed by atoms with E-state index >= 15 is 0 Å². The van der Waals surface area contributed by atoms with Crippen molar-refractivity contribution in [1.29, 1.82) is 0 Å². The number of hydrogen-bond donors (Lipinski definition) is 1. The van der Waals surface area contributed by atoms with Gasteiger partial charge in [-0.2, -0.15) is 0 Å². The first-order valence-corrected chi connectivity index (χ1v) is 9.93. The van der Waals surface area contributed by atoms with Crippen LogP contribution in [0.1, 0.15) is 46.1 Å². The van der Waals surface area contributed by atoms with Gasteiger partial charge in [-0.1, -0.05) is 46.2 Å². The van der Waals surface area contributed by atoms with Crippen molar-refractivity contribution >= 4 is 15.8 Å². The number of sulfonamides is 1. The molecule has 1 heterocycles. The van der Waals surface area contributed by atoms with Gasteiger partial charge in [-0.3, -0.25) is 4.72 Å². The molecule has 0 radical (unpaired) electrons. The quantitative estimate of drug-likeness (QED) is 0.743. The molecule has 2 aromatic rings. The molecule has 0 saturated carbocycles. The van der Waals surface area contributed by atoms with Crippen molar-refractivity contribution in [1.82, 2.24) is 4.98 Å². The second-order valence-corrected chi connectivity index (χ2v) is 8.58. The largest absolute Gasteiger partial charge is 0.492 e. The predicted octanol–water partition coefficient (Wildman–Crippen LogP) is 4.36. The van der Waals surface area contributed by atoms with Gasteiger partial charge in [0.1, 0.15) is 16.5 Å². The zero-order valence-corrected chi connectivity index (χ0v) is 16.1. The van der Waals surface area contributed by atoms with Crippen LogP contribution < -0.4 is 9.46 Å². The highest BCUT2D eigenvalue weighted by Gasteiger charge is 2.24. The highest BCUT2D eigenvalue weighted by atomic mass is 32.2. The molecule has 2 rings (SSSR count). The minimum absolute atomic E-state index is 0.140. The van der Waals surface area contributed by atoms with Gasteiger partial charge in [-0.25, -0.2) is 13.4 Å². The summed E-state index contributed by atoms with van der Waals surface area (Å²) in [6.45, 7) is 8.68. The molecule has 1 aromatic heterocycles. The topological polar surface area (TPSA) is 68.3 Å². The van der Waals surface area contributed by atoms with Gasteiger partial charge in [0.15, 0.2) is 0 Å². The average Bonchev–Trinajstić information content (AvgIpc) is 2.55. The summed E-state index contributed by atoms with van der Waals surface area (Å²) in [4.78, 5) is 4.18. The van der Waals surface area contributed by atoms with Crippen molar-refractivity contribution in [2.45, 2.75) is 50.8 Å². The van der Waals surface area contributed by atoms with E-state index in [-0.39, 0.29) is 16.1 Å². The molecule has 0 unspecified atom stereocenters. The minimum atomic E-state index is -3.80. The van der Waals surface area contributed by atoms with Crippen molar-refractivity contribution < 1.29 is 13.2 Å². The van der Waals surface area contributed by atoms with Gasteiger partial charge >= 0.3 is 0 Å². The number of pyridine rings is 1. The lowest BCUT2D eigenvalue weighted by Gasteiger charge is -2.21. The standard InChI is InChI=1S/C19H26N2O3S/c1-5-6-13-24-16-11-10-15(19(2,3)4)14-17(16)25(22,23)21-18-9-7-8-12-20-18/h7-12,14H,5-6,13H2,1-4H3,(H,20,21). The van der Waals surface area contributed by atoms with Crippen molar-refractivity contribution in [3.8, 4) is 5.75 Å². The molecule has 0 aliphatic rings. The molecule has 5 nitrogen and oxygen atoms in total. The van der Waals surface area contributed by atoms with Gasteiger partial charge in [0, 0.05) is 6.20 Å². The van der Waals surface area contributed by atoms with Crippen LogP contribution in [-0.4, -0.2) is 20.0 Å². The maximum Gasteiger partial charge on any atom is 0.266 e. The zero-order valence-electron chi connectivity index (χ0n) is 15.2. The normalized spacial score (nSPS) is 12.0. The molecular formula is C19H26N2O3S. The molecule has 1 aromatic carbocycles. The Kier molecular flexibility index (Phi) is 6.06. The fraction of sp³-hybridized carbons (Fsp3) is 0.421. The van der Waals surface area contributed by atoms with Crippen LogP contribution in [0.2, 0.25) is 0 Å². The highest BCUT2D eigenvalue weighted by Crippen LogP contribution is 2.32. The third-order valence-corrected chi connectivity index (χ3v) is 5.13. The Morgan fingerprint density at radius 1 is 1.16 bits per heavy atom. The number of unbranched alkanes of at least 4 members (excludes halogenated alkanes) is 1. The van der Waals surface area contributed by atoms with Gasteiger partial charge < -0.3 is 4.74 Å². The Morgan fingerprint density at radius 2 is 1.92 bits per heavy atom. The van der Waals surface area contributed by atoms with Crippen LogP contribution in [0.15, 0.2) is 47.5 Å². The molecule has 6 heteroatoms. The van der Waals surface area contributed by atoms with Gasteiger partial charge in [-0.05, 0) is 41.7 Å². The average molecular weight is 362 g/mol. The molecule has 25 heavy (non-hydrogen) atoms. The summed E-state index contributed by atoms with van der Waals surface area (Å²) in [5, 5.41) is 0. The summed E-state index contributed by atoms with van der Waals surface area (Å²) >= 11 is 0. The summed E-state index contributed by atoms with van der Waals surface area (Å²) in [7, 11) is -3.80. The first kappa shape index (κ1) is 19.2. The molecule has 0 aliphatic heterocycles. The van der Waals surface area contributed by atoms with Crippen molar-refractivity contribution in [3.05, 3.63) is 48.2 Å². The summed E-state index contributed by atoms with van der Waals surface area (Å²) < 4.78 is 34.1. The Balaban J connectivity index is 2.43. The smallest absolute Gasteiger partial charge is 0.266 e. The number of hydrogen-bond acceptors (Lipinski definition) is 4. The van der Waals surface area contributed by atoms with E-state index in [0.717, 1.165) is 18.4 Å². The molecule has 0 amide bonds. The maximum atomic E-state index is 12.9. The van der Waals surface area contributed by atoms with Crippen LogP contribution in [-0.2, 0) is 15.4 Å².